The van der Waals surface area contributed by atoms with Crippen LogP contribution in [0, 0.1) is 0 Å². The SMILES string of the molecule is CC(=O)NCCNC(=O)N[C@H]1CC(=O)N(c2ccccc2)C1. The van der Waals surface area contributed by atoms with Crippen LogP contribution in [0.3, 0.4) is 0 Å². The van der Waals surface area contributed by atoms with E-state index in [1.165, 1.54) is 6.92 Å². The van der Waals surface area contributed by atoms with Crippen molar-refractivity contribution in [3.05, 3.63) is 30.3 Å². The van der Waals surface area contributed by atoms with Gasteiger partial charge in [-0.2, -0.15) is 0 Å². The Balaban J connectivity index is 1.77. The van der Waals surface area contributed by atoms with Crippen molar-refractivity contribution in [1.29, 1.82) is 0 Å². The second-order valence-electron chi connectivity index (χ2n) is 5.12. The Bertz CT molecular complexity index is 547. The third-order valence-electron chi connectivity index (χ3n) is 3.31. The summed E-state index contributed by atoms with van der Waals surface area (Å²) in [4.78, 5) is 36.1. The Hall–Kier alpha value is -2.57. The number of amides is 4. The highest BCUT2D eigenvalue weighted by Gasteiger charge is 2.31. The molecule has 0 saturated carbocycles. The van der Waals surface area contributed by atoms with E-state index in [9.17, 15) is 14.4 Å². The maximum absolute atomic E-state index is 12.0. The van der Waals surface area contributed by atoms with E-state index < -0.39 is 0 Å². The summed E-state index contributed by atoms with van der Waals surface area (Å²) in [6.07, 6.45) is 0.286. The van der Waals surface area contributed by atoms with Crippen LogP contribution >= 0.6 is 0 Å². The number of benzene rings is 1. The molecule has 0 bridgehead atoms. The van der Waals surface area contributed by atoms with Crippen LogP contribution in [0.4, 0.5) is 10.5 Å². The molecule has 1 aliphatic heterocycles. The lowest BCUT2D eigenvalue weighted by Gasteiger charge is -2.17. The summed E-state index contributed by atoms with van der Waals surface area (Å²) in [6.45, 7) is 2.60. The highest BCUT2D eigenvalue weighted by atomic mass is 16.2. The van der Waals surface area contributed by atoms with Gasteiger partial charge < -0.3 is 20.9 Å². The van der Waals surface area contributed by atoms with Gasteiger partial charge in [-0.05, 0) is 12.1 Å². The van der Waals surface area contributed by atoms with Crippen molar-refractivity contribution in [2.75, 3.05) is 24.5 Å². The smallest absolute Gasteiger partial charge is 0.315 e. The molecule has 2 rings (SSSR count). The Labute approximate surface area is 129 Å². The van der Waals surface area contributed by atoms with Gasteiger partial charge in [0.15, 0.2) is 0 Å². The minimum Gasteiger partial charge on any atom is -0.355 e. The van der Waals surface area contributed by atoms with Gasteiger partial charge in [-0.15, -0.1) is 0 Å². The van der Waals surface area contributed by atoms with E-state index in [4.69, 9.17) is 0 Å². The molecule has 0 unspecified atom stereocenters. The van der Waals surface area contributed by atoms with Crippen molar-refractivity contribution in [3.8, 4) is 0 Å². The van der Waals surface area contributed by atoms with Gasteiger partial charge in [0.1, 0.15) is 0 Å². The van der Waals surface area contributed by atoms with Gasteiger partial charge in [-0.1, -0.05) is 18.2 Å². The number of anilines is 1. The molecular formula is C15H20N4O3. The molecule has 0 radical (unpaired) electrons. The van der Waals surface area contributed by atoms with E-state index in [2.05, 4.69) is 16.0 Å². The molecule has 118 valence electrons. The fraction of sp³-hybridized carbons (Fsp3) is 0.400. The molecule has 1 saturated heterocycles. The molecule has 1 heterocycles. The fourth-order valence-corrected chi connectivity index (χ4v) is 2.31. The van der Waals surface area contributed by atoms with Crippen LogP contribution in [0.25, 0.3) is 0 Å². The number of carbonyl (C=O) groups excluding carboxylic acids is 3. The zero-order chi connectivity index (χ0) is 15.9. The molecule has 0 spiro atoms. The third kappa shape index (κ3) is 4.47. The number of carbonyl (C=O) groups is 3. The summed E-state index contributed by atoms with van der Waals surface area (Å²) >= 11 is 0. The molecule has 4 amide bonds. The number of hydrogen-bond acceptors (Lipinski definition) is 3. The van der Waals surface area contributed by atoms with Crippen molar-refractivity contribution < 1.29 is 14.4 Å². The molecular weight excluding hydrogens is 284 g/mol. The summed E-state index contributed by atoms with van der Waals surface area (Å²) in [7, 11) is 0. The van der Waals surface area contributed by atoms with Crippen molar-refractivity contribution in [2.45, 2.75) is 19.4 Å². The third-order valence-corrected chi connectivity index (χ3v) is 3.31. The lowest BCUT2D eigenvalue weighted by Crippen LogP contribution is -2.45. The molecule has 7 nitrogen and oxygen atoms in total. The number of urea groups is 1. The number of hydrogen-bond donors (Lipinski definition) is 3. The van der Waals surface area contributed by atoms with Gasteiger partial charge in [0.05, 0.1) is 6.04 Å². The second kappa shape index (κ2) is 7.44. The average Bonchev–Trinajstić information content (AvgIpc) is 2.85. The van der Waals surface area contributed by atoms with Gasteiger partial charge in [0.2, 0.25) is 11.8 Å². The predicted octanol–water partition coefficient (Wildman–Crippen LogP) is 0.227. The lowest BCUT2D eigenvalue weighted by atomic mass is 10.2. The summed E-state index contributed by atoms with van der Waals surface area (Å²) in [5, 5.41) is 8.00. The first-order chi connectivity index (χ1) is 10.6. The highest BCUT2D eigenvalue weighted by Crippen LogP contribution is 2.20. The maximum atomic E-state index is 12.0. The molecule has 1 aliphatic rings. The van der Waals surface area contributed by atoms with Crippen molar-refractivity contribution in [1.82, 2.24) is 16.0 Å². The average molecular weight is 304 g/mol. The Morgan fingerprint density at radius 1 is 1.18 bits per heavy atom. The van der Waals surface area contributed by atoms with Crippen LogP contribution in [-0.2, 0) is 9.59 Å². The Morgan fingerprint density at radius 2 is 1.86 bits per heavy atom. The van der Waals surface area contributed by atoms with Gasteiger partial charge in [-0.25, -0.2) is 4.79 Å². The Morgan fingerprint density at radius 3 is 2.55 bits per heavy atom. The van der Waals surface area contributed by atoms with Gasteiger partial charge >= 0.3 is 6.03 Å². The summed E-state index contributed by atoms with van der Waals surface area (Å²) < 4.78 is 0. The predicted molar refractivity (Wildman–Crippen MR) is 82.4 cm³/mol. The fourth-order valence-electron chi connectivity index (χ4n) is 2.31. The number of nitrogens with one attached hydrogen (secondary N) is 3. The minimum atomic E-state index is -0.335. The molecule has 1 fully saturated rings. The van der Waals surface area contributed by atoms with Crippen molar-refractivity contribution in [2.24, 2.45) is 0 Å². The first kappa shape index (κ1) is 15.8. The number of rotatable bonds is 5. The topological polar surface area (TPSA) is 90.5 Å². The Kier molecular flexibility index (Phi) is 5.35. The molecule has 1 atom stereocenters. The van der Waals surface area contributed by atoms with Crippen LogP contribution in [0.2, 0.25) is 0 Å². The molecule has 7 heteroatoms. The quantitative estimate of drug-likeness (QED) is 0.680. The minimum absolute atomic E-state index is 0.00486. The van der Waals surface area contributed by atoms with E-state index in [-0.39, 0.29) is 30.3 Å². The number of para-hydroxylation sites is 1. The standard InChI is InChI=1S/C15H20N4O3/c1-11(20)16-7-8-17-15(22)18-12-9-14(21)19(10-12)13-5-3-2-4-6-13/h2-6,12H,7-10H2,1H3,(H,16,20)(H2,17,18,22)/t12-/m0/s1. The summed E-state index contributed by atoms with van der Waals surface area (Å²) in [5.41, 5.74) is 0.836. The zero-order valence-corrected chi connectivity index (χ0v) is 12.5. The van der Waals surface area contributed by atoms with E-state index in [1.807, 2.05) is 30.3 Å². The monoisotopic (exact) mass is 304 g/mol. The van der Waals surface area contributed by atoms with E-state index >= 15 is 0 Å². The molecule has 3 N–H and O–H groups in total. The highest BCUT2D eigenvalue weighted by molar-refractivity contribution is 5.96. The second-order valence-corrected chi connectivity index (χ2v) is 5.12. The van der Waals surface area contributed by atoms with Gasteiger partial charge in [0.25, 0.3) is 0 Å². The van der Waals surface area contributed by atoms with Crippen LogP contribution < -0.4 is 20.9 Å². The van der Waals surface area contributed by atoms with E-state index in [1.54, 1.807) is 4.90 Å². The maximum Gasteiger partial charge on any atom is 0.315 e. The molecule has 22 heavy (non-hydrogen) atoms. The van der Waals surface area contributed by atoms with Gasteiger partial charge in [0, 0.05) is 38.7 Å². The van der Waals surface area contributed by atoms with E-state index in [0.29, 0.717) is 19.6 Å². The number of nitrogens with zero attached hydrogens (tertiary/aromatic N) is 1. The largest absolute Gasteiger partial charge is 0.355 e. The van der Waals surface area contributed by atoms with Gasteiger partial charge in [-0.3, -0.25) is 9.59 Å². The summed E-state index contributed by atoms with van der Waals surface area (Å²) in [5.74, 6) is -0.142. The molecule has 0 aromatic heterocycles. The molecule has 1 aromatic rings. The molecule has 0 aliphatic carbocycles. The van der Waals surface area contributed by atoms with Crippen LogP contribution in [0.1, 0.15) is 13.3 Å². The van der Waals surface area contributed by atoms with Crippen LogP contribution in [-0.4, -0.2) is 43.5 Å². The van der Waals surface area contributed by atoms with Crippen LogP contribution in [0.15, 0.2) is 30.3 Å². The van der Waals surface area contributed by atoms with Crippen LogP contribution in [0.5, 0.6) is 0 Å². The molecule has 1 aromatic carbocycles. The first-order valence-corrected chi connectivity index (χ1v) is 7.20. The first-order valence-electron chi connectivity index (χ1n) is 7.20. The normalized spacial score (nSPS) is 17.2. The summed E-state index contributed by atoms with van der Waals surface area (Å²) in [6, 6.07) is 8.83. The van der Waals surface area contributed by atoms with Crippen molar-refractivity contribution >= 4 is 23.5 Å². The lowest BCUT2D eigenvalue weighted by molar-refractivity contribution is -0.119. The zero-order valence-electron chi connectivity index (χ0n) is 12.5. The van der Waals surface area contributed by atoms with Crippen molar-refractivity contribution in [3.63, 3.8) is 0 Å². The van der Waals surface area contributed by atoms with E-state index in [0.717, 1.165) is 5.69 Å².